The topological polar surface area (TPSA) is 18.5 Å². The molecule has 0 bridgehead atoms. The molecule has 0 atom stereocenters. The molecule has 11 heavy (non-hydrogen) atoms. The van der Waals surface area contributed by atoms with Gasteiger partial charge in [0.15, 0.2) is 18.1 Å². The van der Waals surface area contributed by atoms with Gasteiger partial charge in [-0.3, -0.25) is 0 Å². The molecule has 0 aliphatic rings. The first-order chi connectivity index (χ1) is 4.83. The minimum atomic E-state index is -1.71. The molecule has 2 nitrogen and oxygen atoms in total. The van der Waals surface area contributed by atoms with Crippen LogP contribution in [0, 0.1) is 0 Å². The smallest absolute Gasteiger partial charge is 0.310 e. The molecule has 0 N–H and O–H groups in total. The van der Waals surface area contributed by atoms with Crippen LogP contribution in [0.5, 0.6) is 0 Å². The second-order valence-electron chi connectivity index (χ2n) is 3.73. The van der Waals surface area contributed by atoms with Gasteiger partial charge in [-0.2, -0.15) is 0 Å². The van der Waals surface area contributed by atoms with Crippen molar-refractivity contribution in [2.45, 2.75) is 39.3 Å². The molecular formula is C6H20O2Si3. The Balaban J connectivity index is 3.79. The van der Waals surface area contributed by atoms with Crippen LogP contribution in [0.15, 0.2) is 0 Å². The van der Waals surface area contributed by atoms with Gasteiger partial charge in [0.1, 0.15) is 0 Å². The van der Waals surface area contributed by atoms with E-state index in [1.54, 1.807) is 0 Å². The van der Waals surface area contributed by atoms with E-state index in [4.69, 9.17) is 8.23 Å². The lowest BCUT2D eigenvalue weighted by Gasteiger charge is -2.27. The maximum absolute atomic E-state index is 5.84. The van der Waals surface area contributed by atoms with Crippen molar-refractivity contribution in [1.29, 1.82) is 0 Å². The van der Waals surface area contributed by atoms with Crippen molar-refractivity contribution in [3.8, 4) is 0 Å². The van der Waals surface area contributed by atoms with Crippen molar-refractivity contribution in [2.24, 2.45) is 0 Å². The van der Waals surface area contributed by atoms with Crippen LogP contribution in [0.3, 0.4) is 0 Å². The zero-order chi connectivity index (χ0) is 9.07. The van der Waals surface area contributed by atoms with Gasteiger partial charge in [0.2, 0.25) is 0 Å². The van der Waals surface area contributed by atoms with Crippen molar-refractivity contribution in [3.63, 3.8) is 0 Å². The summed E-state index contributed by atoms with van der Waals surface area (Å²) in [5.41, 5.74) is 0. The summed E-state index contributed by atoms with van der Waals surface area (Å²) in [6.07, 6.45) is 0. The van der Waals surface area contributed by atoms with E-state index in [-0.39, 0.29) is 0 Å². The van der Waals surface area contributed by atoms with Crippen LogP contribution in [-0.4, -0.2) is 26.6 Å². The monoisotopic (exact) mass is 208 g/mol. The van der Waals surface area contributed by atoms with Gasteiger partial charge in [-0.05, 0) is 39.3 Å². The molecule has 0 aliphatic carbocycles. The van der Waals surface area contributed by atoms with Crippen molar-refractivity contribution < 1.29 is 8.23 Å². The fourth-order valence-corrected chi connectivity index (χ4v) is 11.0. The Kier molecular flexibility index (Phi) is 4.80. The molecule has 0 aliphatic heterocycles. The van der Waals surface area contributed by atoms with E-state index in [2.05, 4.69) is 39.3 Å². The minimum Gasteiger partial charge on any atom is -0.440 e. The molecule has 0 saturated heterocycles. The zero-order valence-electron chi connectivity index (χ0n) is 8.47. The van der Waals surface area contributed by atoms with Crippen LogP contribution < -0.4 is 0 Å². The van der Waals surface area contributed by atoms with Gasteiger partial charge in [0, 0.05) is 0 Å². The van der Waals surface area contributed by atoms with Crippen molar-refractivity contribution in [2.75, 3.05) is 0 Å². The Morgan fingerprint density at radius 1 is 0.818 bits per heavy atom. The van der Waals surface area contributed by atoms with Crippen LogP contribution in [0.4, 0.5) is 0 Å². The Morgan fingerprint density at radius 3 is 1.27 bits per heavy atom. The predicted molar refractivity (Wildman–Crippen MR) is 57.4 cm³/mol. The molecule has 5 heteroatoms. The molecule has 0 aromatic rings. The third kappa shape index (κ3) is 6.95. The van der Waals surface area contributed by atoms with Gasteiger partial charge in [0.05, 0.1) is 0 Å². The summed E-state index contributed by atoms with van der Waals surface area (Å²) in [4.78, 5) is 0. The van der Waals surface area contributed by atoms with Gasteiger partial charge in [-0.1, -0.05) is 0 Å². The first-order valence-corrected chi connectivity index (χ1v) is 12.6. The van der Waals surface area contributed by atoms with Gasteiger partial charge in [0.25, 0.3) is 0 Å². The number of rotatable bonds is 4. The van der Waals surface area contributed by atoms with E-state index >= 15 is 0 Å². The lowest BCUT2D eigenvalue weighted by atomic mass is 11.9. The fourth-order valence-electron chi connectivity index (χ4n) is 1.16. The molecule has 0 aromatic carbocycles. The minimum absolute atomic E-state index is 0.895. The molecule has 0 spiro atoms. The third-order valence-electron chi connectivity index (χ3n) is 1.04. The van der Waals surface area contributed by atoms with Crippen molar-refractivity contribution in [1.82, 2.24) is 0 Å². The van der Waals surface area contributed by atoms with Crippen LogP contribution >= 0.6 is 0 Å². The fraction of sp³-hybridized carbons (Fsp3) is 1.00. The Bertz CT molecular complexity index is 102. The lowest BCUT2D eigenvalue weighted by molar-refractivity contribution is 0.415. The average molecular weight is 208 g/mol. The second-order valence-corrected chi connectivity index (χ2v) is 12.6. The highest BCUT2D eigenvalue weighted by atomic mass is 28.5. The summed E-state index contributed by atoms with van der Waals surface area (Å²) in [5.74, 6) is 0. The summed E-state index contributed by atoms with van der Waals surface area (Å²) in [6, 6.07) is 0. The maximum Gasteiger partial charge on any atom is 0.310 e. The summed E-state index contributed by atoms with van der Waals surface area (Å²) in [5, 5.41) is 0. The number of hydrogen-bond donors (Lipinski definition) is 0. The molecule has 0 radical (unpaired) electrons. The third-order valence-corrected chi connectivity index (χ3v) is 9.35. The highest BCUT2D eigenvalue weighted by molar-refractivity contribution is 6.78. The largest absolute Gasteiger partial charge is 0.440 e. The Morgan fingerprint density at radius 2 is 1.09 bits per heavy atom. The molecule has 0 heterocycles. The molecule has 68 valence electrons. The van der Waals surface area contributed by atoms with E-state index in [1.165, 1.54) is 0 Å². The van der Waals surface area contributed by atoms with Crippen LogP contribution in [0.25, 0.3) is 0 Å². The quantitative estimate of drug-likeness (QED) is 0.655. The normalized spacial score (nSPS) is 13.1. The molecule has 0 fully saturated rings. The van der Waals surface area contributed by atoms with E-state index in [9.17, 15) is 0 Å². The number of hydrogen-bond acceptors (Lipinski definition) is 2. The highest BCUT2D eigenvalue weighted by Crippen LogP contribution is 2.09. The SMILES string of the molecule is C[SiH](C)O[Si](C)(C)O[SiH](C)C. The predicted octanol–water partition coefficient (Wildman–Crippen LogP) is 1.69. The van der Waals surface area contributed by atoms with Gasteiger partial charge in [-0.15, -0.1) is 0 Å². The summed E-state index contributed by atoms with van der Waals surface area (Å²) in [7, 11) is -3.50. The van der Waals surface area contributed by atoms with Gasteiger partial charge < -0.3 is 8.23 Å². The van der Waals surface area contributed by atoms with Gasteiger partial charge >= 0.3 is 8.56 Å². The first kappa shape index (κ1) is 11.6. The summed E-state index contributed by atoms with van der Waals surface area (Å²) in [6.45, 7) is 13.1. The van der Waals surface area contributed by atoms with E-state index in [0.29, 0.717) is 0 Å². The summed E-state index contributed by atoms with van der Waals surface area (Å²) < 4.78 is 11.7. The summed E-state index contributed by atoms with van der Waals surface area (Å²) >= 11 is 0. The average Bonchev–Trinajstić information content (AvgIpc) is 1.53. The maximum atomic E-state index is 5.84. The molecule has 0 saturated carbocycles. The first-order valence-electron chi connectivity index (χ1n) is 4.19. The van der Waals surface area contributed by atoms with E-state index in [0.717, 1.165) is 0 Å². The van der Waals surface area contributed by atoms with Gasteiger partial charge in [-0.25, -0.2) is 0 Å². The second kappa shape index (κ2) is 4.56. The lowest BCUT2D eigenvalue weighted by Crippen LogP contribution is -2.42. The molecule has 0 amide bonds. The van der Waals surface area contributed by atoms with Crippen molar-refractivity contribution >= 4 is 26.6 Å². The molecule has 0 aromatic heterocycles. The molecular weight excluding hydrogens is 188 g/mol. The Hall–Kier alpha value is 0.571. The standard InChI is InChI=1S/C6H20O2Si3/c1-9(2)7-11(5,6)8-10(3)4/h9-10H,1-6H3. The zero-order valence-corrected chi connectivity index (χ0v) is 11.8. The van der Waals surface area contributed by atoms with E-state index < -0.39 is 26.6 Å². The molecule has 0 rings (SSSR count). The highest BCUT2D eigenvalue weighted by Gasteiger charge is 2.26. The van der Waals surface area contributed by atoms with Crippen LogP contribution in [-0.2, 0) is 8.23 Å². The van der Waals surface area contributed by atoms with Crippen LogP contribution in [0.1, 0.15) is 0 Å². The van der Waals surface area contributed by atoms with E-state index in [1.807, 2.05) is 0 Å². The molecule has 0 unspecified atom stereocenters. The van der Waals surface area contributed by atoms with Crippen molar-refractivity contribution in [3.05, 3.63) is 0 Å². The van der Waals surface area contributed by atoms with Crippen LogP contribution in [0.2, 0.25) is 39.3 Å². The Labute approximate surface area is 74.6 Å².